The van der Waals surface area contributed by atoms with E-state index in [-0.39, 0.29) is 0 Å². The van der Waals surface area contributed by atoms with Crippen molar-refractivity contribution in [1.82, 2.24) is 59.8 Å². The number of benzene rings is 8. The minimum Gasteiger partial charge on any atom is -0.255 e. The first-order valence-corrected chi connectivity index (χ1v) is 40.4. The van der Waals surface area contributed by atoms with Gasteiger partial charge in [-0.2, -0.15) is 0 Å². The molecule has 0 spiro atoms. The molecule has 0 N–H and O–H groups in total. The standard InChI is InChI=1S/C110H72N12/c1-9-49-111-93(41-1)101-65-89(66-102(119-101)94-42-2-10-50-112-94)81-33-17-25-73(57-81)77-29-21-37-85(61-77)109(86-38-22-30-78(62-86)74-26-18-34-82(58-74)90-67-103(95-43-3-11-51-113-95)120-104(68-90)96-44-4-12-52-114-96)110(87-39-23-31-79(63-87)75-27-19-35-83(59-75)91-69-105(97-45-5-13-53-115-97)121-106(70-91)98-46-6-14-54-116-98)88-40-24-32-80(64-88)76-28-20-36-84(60-76)92-71-107(99-47-7-15-55-117-99)122-108(72-92)100-48-8-16-56-118-100/h1-72H. The van der Waals surface area contributed by atoms with Crippen LogP contribution in [-0.4, -0.2) is 59.8 Å². The number of hydrogen-bond donors (Lipinski definition) is 0. The van der Waals surface area contributed by atoms with Crippen molar-refractivity contribution in [3.63, 3.8) is 0 Å². The van der Waals surface area contributed by atoms with Gasteiger partial charge in [0.05, 0.1) is 91.1 Å². The van der Waals surface area contributed by atoms with E-state index >= 15 is 0 Å². The molecule has 572 valence electrons. The zero-order chi connectivity index (χ0) is 81.3. The fourth-order valence-electron chi connectivity index (χ4n) is 15.8. The molecule has 12 aromatic heterocycles. The Hall–Kier alpha value is -16.7. The minimum absolute atomic E-state index is 0.751. The Morgan fingerprint density at radius 3 is 0.418 bits per heavy atom. The summed E-state index contributed by atoms with van der Waals surface area (Å²) in [4.78, 5) is 58.8. The van der Waals surface area contributed by atoms with Crippen molar-refractivity contribution in [3.05, 3.63) is 460 Å². The summed E-state index contributed by atoms with van der Waals surface area (Å²) in [6.45, 7) is 0. The Morgan fingerprint density at radius 1 is 0.115 bits per heavy atom. The van der Waals surface area contributed by atoms with E-state index < -0.39 is 0 Å². The Kier molecular flexibility index (Phi) is 20.6. The summed E-state index contributed by atoms with van der Waals surface area (Å²) in [7, 11) is 0. The first kappa shape index (κ1) is 74.1. The molecule has 0 saturated heterocycles. The molecule has 0 radical (unpaired) electrons. The molecule has 12 nitrogen and oxygen atoms in total. The molecule has 12 heteroatoms. The van der Waals surface area contributed by atoms with Crippen LogP contribution >= 0.6 is 0 Å². The van der Waals surface area contributed by atoms with Gasteiger partial charge in [-0.25, -0.2) is 19.9 Å². The lowest BCUT2D eigenvalue weighted by atomic mass is 9.82. The van der Waals surface area contributed by atoms with Crippen LogP contribution in [0.4, 0.5) is 0 Å². The zero-order valence-electron chi connectivity index (χ0n) is 65.9. The molecular formula is C110H72N12. The topological polar surface area (TPSA) is 155 Å². The van der Waals surface area contributed by atoms with Crippen LogP contribution in [0.1, 0.15) is 22.3 Å². The van der Waals surface area contributed by atoms with Crippen LogP contribution in [-0.2, 0) is 0 Å². The highest BCUT2D eigenvalue weighted by Crippen LogP contribution is 2.45. The molecule has 0 atom stereocenters. The van der Waals surface area contributed by atoms with Gasteiger partial charge < -0.3 is 0 Å². The Morgan fingerprint density at radius 2 is 0.262 bits per heavy atom. The molecule has 20 aromatic rings. The summed E-state index contributed by atoms with van der Waals surface area (Å²) in [5.41, 5.74) is 34.5. The van der Waals surface area contributed by atoms with Crippen LogP contribution < -0.4 is 0 Å². The van der Waals surface area contributed by atoms with Gasteiger partial charge >= 0.3 is 0 Å². The van der Waals surface area contributed by atoms with Crippen LogP contribution in [0.2, 0.25) is 0 Å². The van der Waals surface area contributed by atoms with Crippen molar-refractivity contribution in [2.75, 3.05) is 0 Å². The van der Waals surface area contributed by atoms with E-state index in [2.05, 4.69) is 243 Å². The SMILES string of the molecule is c1ccc(-c2cc(-c3cccc(-c4cccc(C(=C(c5cccc(-c6cccc(-c7cc(-c8ccccn8)nc(-c8ccccn8)c7)c6)c5)c5cccc(-c6cccc(-c7cc(-c8ccccn8)nc(-c8ccccn8)c7)c6)c5)c5cccc(-c6cccc(-c7cc(-c8ccccn8)nc(-c8ccccn8)c7)c6)c5)c4)c3)cc(-c3ccccn3)n2)nc1. The van der Waals surface area contributed by atoms with Gasteiger partial charge in [0, 0.05) is 49.6 Å². The van der Waals surface area contributed by atoms with Crippen molar-refractivity contribution in [2.45, 2.75) is 0 Å². The van der Waals surface area contributed by atoms with Gasteiger partial charge in [0.15, 0.2) is 0 Å². The second-order valence-electron chi connectivity index (χ2n) is 29.6. The molecule has 0 unspecified atom stereocenters. The predicted octanol–water partition coefficient (Wildman–Crippen LogP) is 26.1. The maximum absolute atomic E-state index is 5.16. The first-order chi connectivity index (χ1) is 60.4. The summed E-state index contributed by atoms with van der Waals surface area (Å²) in [5.74, 6) is 0. The highest BCUT2D eigenvalue weighted by molar-refractivity contribution is 6.06. The number of pyridine rings is 12. The van der Waals surface area contributed by atoms with E-state index in [4.69, 9.17) is 59.8 Å². The first-order valence-electron chi connectivity index (χ1n) is 40.4. The van der Waals surface area contributed by atoms with Crippen LogP contribution in [0, 0.1) is 0 Å². The second-order valence-corrected chi connectivity index (χ2v) is 29.6. The van der Waals surface area contributed by atoms with Crippen molar-refractivity contribution in [3.8, 4) is 180 Å². The monoisotopic (exact) mass is 1560 g/mol. The molecule has 0 amide bonds. The quantitative estimate of drug-likeness (QED) is 0.0667. The number of nitrogens with zero attached hydrogens (tertiary/aromatic N) is 12. The van der Waals surface area contributed by atoms with Crippen molar-refractivity contribution >= 4 is 11.1 Å². The van der Waals surface area contributed by atoms with E-state index in [1.165, 1.54) is 0 Å². The molecule has 12 heterocycles. The van der Waals surface area contributed by atoms with E-state index in [9.17, 15) is 0 Å². The van der Waals surface area contributed by atoms with Gasteiger partial charge in [0.1, 0.15) is 0 Å². The van der Waals surface area contributed by atoms with Gasteiger partial charge in [-0.1, -0.05) is 194 Å². The van der Waals surface area contributed by atoms with Crippen LogP contribution in [0.5, 0.6) is 0 Å². The predicted molar refractivity (Wildman–Crippen MR) is 491 cm³/mol. The maximum Gasteiger partial charge on any atom is 0.0900 e. The van der Waals surface area contributed by atoms with E-state index in [0.717, 1.165) is 214 Å². The Balaban J connectivity index is 0.789. The average Bonchev–Trinajstić information content (AvgIpc) is 0.759. The summed E-state index contributed by atoms with van der Waals surface area (Å²) >= 11 is 0. The van der Waals surface area contributed by atoms with Gasteiger partial charge in [0.2, 0.25) is 0 Å². The molecule has 8 aromatic carbocycles. The average molecular weight is 1560 g/mol. The molecule has 0 aliphatic heterocycles. The van der Waals surface area contributed by atoms with Crippen LogP contribution in [0.25, 0.3) is 191 Å². The molecule has 0 fully saturated rings. The Labute approximate surface area is 706 Å². The van der Waals surface area contributed by atoms with Crippen LogP contribution in [0.15, 0.2) is 438 Å². The largest absolute Gasteiger partial charge is 0.255 e. The second kappa shape index (κ2) is 33.9. The van der Waals surface area contributed by atoms with E-state index in [1.807, 2.05) is 146 Å². The zero-order valence-corrected chi connectivity index (χ0v) is 65.9. The lowest BCUT2D eigenvalue weighted by molar-refractivity contribution is 1.22. The highest BCUT2D eigenvalue weighted by Gasteiger charge is 2.23. The van der Waals surface area contributed by atoms with Gasteiger partial charge in [0.25, 0.3) is 0 Å². The van der Waals surface area contributed by atoms with E-state index in [0.29, 0.717) is 0 Å². The molecule has 0 aliphatic rings. The Bertz CT molecular complexity index is 6130. The third kappa shape index (κ3) is 16.1. The minimum atomic E-state index is 0.751. The maximum atomic E-state index is 5.16. The molecule has 20 rings (SSSR count). The fourth-order valence-corrected chi connectivity index (χ4v) is 15.8. The van der Waals surface area contributed by atoms with Crippen molar-refractivity contribution in [1.29, 1.82) is 0 Å². The third-order valence-corrected chi connectivity index (χ3v) is 21.7. The number of rotatable bonds is 20. The lowest BCUT2D eigenvalue weighted by Gasteiger charge is -2.21. The van der Waals surface area contributed by atoms with E-state index in [1.54, 1.807) is 49.6 Å². The fraction of sp³-hybridized carbons (Fsp3) is 0. The van der Waals surface area contributed by atoms with Gasteiger partial charge in [-0.15, -0.1) is 0 Å². The van der Waals surface area contributed by atoms with Gasteiger partial charge in [-0.05, 0) is 317 Å². The smallest absolute Gasteiger partial charge is 0.0900 e. The lowest BCUT2D eigenvalue weighted by Crippen LogP contribution is -1.99. The molecule has 0 saturated carbocycles. The van der Waals surface area contributed by atoms with Crippen LogP contribution in [0.3, 0.4) is 0 Å². The number of hydrogen-bond acceptors (Lipinski definition) is 12. The molecule has 122 heavy (non-hydrogen) atoms. The molecule has 0 aliphatic carbocycles. The van der Waals surface area contributed by atoms with Crippen molar-refractivity contribution in [2.24, 2.45) is 0 Å². The summed E-state index contributed by atoms with van der Waals surface area (Å²) in [5, 5.41) is 0. The summed E-state index contributed by atoms with van der Waals surface area (Å²) in [6, 6.07) is 136. The normalized spacial score (nSPS) is 11.1. The molecular weight excluding hydrogens is 1490 g/mol. The summed E-state index contributed by atoms with van der Waals surface area (Å²) < 4.78 is 0. The highest BCUT2D eigenvalue weighted by atomic mass is 14.8. The summed E-state index contributed by atoms with van der Waals surface area (Å²) in [6.07, 6.45) is 14.5. The van der Waals surface area contributed by atoms with Gasteiger partial charge in [-0.3, -0.25) is 39.9 Å². The number of aromatic nitrogens is 12. The third-order valence-electron chi connectivity index (χ3n) is 21.7. The van der Waals surface area contributed by atoms with Crippen molar-refractivity contribution < 1.29 is 0 Å². The molecule has 0 bridgehead atoms.